The van der Waals surface area contributed by atoms with Crippen LogP contribution in [0.3, 0.4) is 0 Å². The lowest BCUT2D eigenvalue weighted by atomic mass is 10.0. The largest absolute Gasteiger partial charge is 0.354 e. The minimum absolute atomic E-state index is 0.142. The van der Waals surface area contributed by atoms with E-state index >= 15 is 0 Å². The van der Waals surface area contributed by atoms with E-state index in [9.17, 15) is 18.0 Å². The van der Waals surface area contributed by atoms with Crippen molar-refractivity contribution in [3.05, 3.63) is 98.0 Å². The molecule has 3 aromatic carbocycles. The Morgan fingerprint density at radius 3 is 2.10 bits per heavy atom. The third-order valence-corrected chi connectivity index (χ3v) is 8.40. The van der Waals surface area contributed by atoms with Crippen LogP contribution in [-0.4, -0.2) is 50.5 Å². The fraction of sp³-hybridized carbons (Fsp3) is 0.310. The molecule has 0 fully saturated rings. The van der Waals surface area contributed by atoms with Gasteiger partial charge < -0.3 is 10.2 Å². The topological polar surface area (TPSA) is 86.8 Å². The number of anilines is 1. The molecule has 3 aromatic rings. The average Bonchev–Trinajstić information content (AvgIpc) is 2.89. The van der Waals surface area contributed by atoms with E-state index in [1.54, 1.807) is 24.3 Å². The Morgan fingerprint density at radius 1 is 0.923 bits per heavy atom. The summed E-state index contributed by atoms with van der Waals surface area (Å²) in [6.45, 7) is 4.18. The molecule has 0 bridgehead atoms. The Kier molecular flexibility index (Phi) is 11.4. The average molecular weight is 726 g/mol. The van der Waals surface area contributed by atoms with E-state index in [0.717, 1.165) is 29.7 Å². The van der Waals surface area contributed by atoms with Gasteiger partial charge in [0.05, 0.1) is 11.9 Å². The van der Waals surface area contributed by atoms with Crippen LogP contribution in [0.5, 0.6) is 0 Å². The molecular formula is C29H33BrIN3O4S. The summed E-state index contributed by atoms with van der Waals surface area (Å²) in [6, 6.07) is 23.1. The fourth-order valence-corrected chi connectivity index (χ4v) is 5.46. The van der Waals surface area contributed by atoms with Gasteiger partial charge in [-0.1, -0.05) is 72.2 Å². The molecule has 0 unspecified atom stereocenters. The molecule has 208 valence electrons. The summed E-state index contributed by atoms with van der Waals surface area (Å²) >= 11 is 5.58. The lowest BCUT2D eigenvalue weighted by molar-refractivity contribution is -0.140. The van der Waals surface area contributed by atoms with Crippen LogP contribution < -0.4 is 9.62 Å². The number of amides is 2. The molecule has 0 radical (unpaired) electrons. The molecular weight excluding hydrogens is 693 g/mol. The smallest absolute Gasteiger partial charge is 0.244 e. The molecule has 39 heavy (non-hydrogen) atoms. The minimum atomic E-state index is -3.79. The molecule has 0 spiro atoms. The molecule has 0 saturated heterocycles. The lowest BCUT2D eigenvalue weighted by Gasteiger charge is -2.33. The van der Waals surface area contributed by atoms with Crippen molar-refractivity contribution in [1.82, 2.24) is 10.2 Å². The number of carbonyl (C=O) groups excluding carboxylic acids is 2. The van der Waals surface area contributed by atoms with Crippen LogP contribution in [0, 0.1) is 9.49 Å². The lowest BCUT2D eigenvalue weighted by Crippen LogP contribution is -2.53. The molecule has 0 saturated carbocycles. The maximum atomic E-state index is 14.0. The predicted molar refractivity (Wildman–Crippen MR) is 168 cm³/mol. The first-order valence-electron chi connectivity index (χ1n) is 12.5. The zero-order chi connectivity index (χ0) is 28.6. The van der Waals surface area contributed by atoms with E-state index in [1.165, 1.54) is 4.90 Å². The summed E-state index contributed by atoms with van der Waals surface area (Å²) in [4.78, 5) is 29.1. The van der Waals surface area contributed by atoms with E-state index in [4.69, 9.17) is 0 Å². The van der Waals surface area contributed by atoms with Gasteiger partial charge in [0.1, 0.15) is 12.6 Å². The molecule has 7 nitrogen and oxygen atoms in total. The van der Waals surface area contributed by atoms with Gasteiger partial charge in [0.2, 0.25) is 21.8 Å². The van der Waals surface area contributed by atoms with Crippen LogP contribution in [-0.2, 0) is 32.6 Å². The maximum absolute atomic E-state index is 14.0. The minimum Gasteiger partial charge on any atom is -0.354 e. The van der Waals surface area contributed by atoms with Crippen molar-refractivity contribution in [3.8, 4) is 0 Å². The van der Waals surface area contributed by atoms with Crippen LogP contribution in [0.25, 0.3) is 0 Å². The van der Waals surface area contributed by atoms with Crippen molar-refractivity contribution in [2.45, 2.75) is 32.9 Å². The SMILES string of the molecule is CC(C)CNC(=O)[C@@H](Cc1ccccc1)N(Cc1ccc(Br)cc1)C(=O)CN(c1ccc(I)cc1)S(C)(=O)=O. The zero-order valence-corrected chi connectivity index (χ0v) is 26.7. The van der Waals surface area contributed by atoms with Crippen molar-refractivity contribution in [2.24, 2.45) is 5.92 Å². The van der Waals surface area contributed by atoms with Gasteiger partial charge >= 0.3 is 0 Å². The number of hydrogen-bond donors (Lipinski definition) is 1. The molecule has 1 N–H and O–H groups in total. The monoisotopic (exact) mass is 725 g/mol. The first kappa shape index (κ1) is 31.1. The number of sulfonamides is 1. The summed E-state index contributed by atoms with van der Waals surface area (Å²) in [5.41, 5.74) is 2.11. The Morgan fingerprint density at radius 2 is 1.54 bits per heavy atom. The maximum Gasteiger partial charge on any atom is 0.244 e. The number of carbonyl (C=O) groups is 2. The molecule has 10 heteroatoms. The van der Waals surface area contributed by atoms with Gasteiger partial charge in [0.25, 0.3) is 0 Å². The van der Waals surface area contributed by atoms with Crippen molar-refractivity contribution >= 4 is 66.0 Å². The molecule has 0 aliphatic rings. The van der Waals surface area contributed by atoms with Gasteiger partial charge in [-0.25, -0.2) is 8.42 Å². The molecule has 3 rings (SSSR count). The highest BCUT2D eigenvalue weighted by Gasteiger charge is 2.33. The van der Waals surface area contributed by atoms with Gasteiger partial charge in [-0.15, -0.1) is 0 Å². The van der Waals surface area contributed by atoms with Crippen LogP contribution in [0.2, 0.25) is 0 Å². The van der Waals surface area contributed by atoms with Crippen LogP contribution in [0.4, 0.5) is 5.69 Å². The Labute approximate surface area is 253 Å². The van der Waals surface area contributed by atoms with Crippen LogP contribution in [0.15, 0.2) is 83.3 Å². The summed E-state index contributed by atoms with van der Waals surface area (Å²) in [5, 5.41) is 2.98. The van der Waals surface area contributed by atoms with Crippen molar-refractivity contribution in [1.29, 1.82) is 0 Å². The summed E-state index contributed by atoms with van der Waals surface area (Å²) in [6.07, 6.45) is 1.36. The first-order valence-corrected chi connectivity index (χ1v) is 16.2. The fourth-order valence-electron chi connectivity index (χ4n) is 3.98. The van der Waals surface area contributed by atoms with Crippen molar-refractivity contribution < 1.29 is 18.0 Å². The quantitative estimate of drug-likeness (QED) is 0.259. The molecule has 0 heterocycles. The van der Waals surface area contributed by atoms with Crippen molar-refractivity contribution in [3.63, 3.8) is 0 Å². The number of benzene rings is 3. The number of halogens is 2. The third-order valence-electron chi connectivity index (χ3n) is 6.02. The summed E-state index contributed by atoms with van der Waals surface area (Å²) in [7, 11) is -3.79. The molecule has 0 aliphatic heterocycles. The Hall–Kier alpha value is -2.44. The molecule has 2 amide bonds. The molecule has 0 aliphatic carbocycles. The number of hydrogen-bond acceptors (Lipinski definition) is 4. The van der Waals surface area contributed by atoms with Crippen LogP contribution >= 0.6 is 38.5 Å². The predicted octanol–water partition coefficient (Wildman–Crippen LogP) is 5.23. The number of nitrogens with one attached hydrogen (secondary N) is 1. The molecule has 0 aromatic heterocycles. The second kappa shape index (κ2) is 14.3. The number of nitrogens with zero attached hydrogens (tertiary/aromatic N) is 2. The van der Waals surface area contributed by atoms with Crippen molar-refractivity contribution in [2.75, 3.05) is 23.7 Å². The van der Waals surface area contributed by atoms with E-state index < -0.39 is 28.5 Å². The summed E-state index contributed by atoms with van der Waals surface area (Å²) < 4.78 is 28.5. The zero-order valence-electron chi connectivity index (χ0n) is 22.2. The van der Waals surface area contributed by atoms with E-state index in [-0.39, 0.29) is 24.8 Å². The second-order valence-corrected chi connectivity index (χ2v) is 13.8. The van der Waals surface area contributed by atoms with Gasteiger partial charge in [0.15, 0.2) is 0 Å². The van der Waals surface area contributed by atoms with E-state index in [2.05, 4.69) is 43.8 Å². The van der Waals surface area contributed by atoms with Gasteiger partial charge in [-0.2, -0.15) is 0 Å². The normalized spacial score (nSPS) is 12.2. The number of rotatable bonds is 12. The van der Waals surface area contributed by atoms with Gasteiger partial charge in [-0.05, 0) is 76.0 Å². The molecule has 1 atom stereocenters. The Balaban J connectivity index is 2.03. The van der Waals surface area contributed by atoms with Crippen LogP contribution in [0.1, 0.15) is 25.0 Å². The highest BCUT2D eigenvalue weighted by molar-refractivity contribution is 14.1. The second-order valence-electron chi connectivity index (χ2n) is 9.74. The Bertz CT molecular complexity index is 1350. The first-order chi connectivity index (χ1) is 18.4. The summed E-state index contributed by atoms with van der Waals surface area (Å²) in [5.74, 6) is -0.524. The highest BCUT2D eigenvalue weighted by Crippen LogP contribution is 2.22. The van der Waals surface area contributed by atoms with Gasteiger partial charge in [-0.3, -0.25) is 13.9 Å². The van der Waals surface area contributed by atoms with E-state index in [0.29, 0.717) is 12.2 Å². The standard InChI is InChI=1S/C29H33BrIN3O4S/c1-21(2)18-32-29(36)27(17-22-7-5-4-6-8-22)33(19-23-9-11-24(30)12-10-23)28(35)20-34(39(3,37)38)26-15-13-25(31)14-16-26/h4-16,21,27H,17-20H2,1-3H3,(H,32,36)/t27-/m1/s1. The van der Waals surface area contributed by atoms with Gasteiger partial charge in [0, 0.05) is 27.6 Å². The van der Waals surface area contributed by atoms with E-state index in [1.807, 2.05) is 68.4 Å². The highest BCUT2D eigenvalue weighted by atomic mass is 127. The third kappa shape index (κ3) is 9.61.